The highest BCUT2D eigenvalue weighted by Gasteiger charge is 2.16. The van der Waals surface area contributed by atoms with Gasteiger partial charge in [0.2, 0.25) is 11.5 Å². The SMILES string of the molecule is CC(C)OC(=O)Nc1cnc2nc(-c3cc(NC(=O)c4cnc(N)o4)ccc3F)cn2c1. The number of aromatic nitrogens is 4. The number of nitrogen functional groups attached to an aromatic ring is 1. The number of nitrogens with one attached hydrogen (secondary N) is 2. The van der Waals surface area contributed by atoms with Gasteiger partial charge in [-0.15, -0.1) is 0 Å². The van der Waals surface area contributed by atoms with Crippen molar-refractivity contribution in [3.05, 3.63) is 54.6 Å². The molecule has 4 aromatic rings. The first-order valence-corrected chi connectivity index (χ1v) is 9.43. The molecule has 0 atom stereocenters. The van der Waals surface area contributed by atoms with E-state index in [1.807, 2.05) is 0 Å². The summed E-state index contributed by atoms with van der Waals surface area (Å²) in [5, 5.41) is 5.14. The van der Waals surface area contributed by atoms with E-state index in [0.29, 0.717) is 11.4 Å². The van der Waals surface area contributed by atoms with Gasteiger partial charge in [0, 0.05) is 23.6 Å². The lowest BCUT2D eigenvalue weighted by Gasteiger charge is -2.09. The molecule has 0 radical (unpaired) electrons. The number of halogens is 1. The minimum absolute atomic E-state index is 0.0821. The van der Waals surface area contributed by atoms with Gasteiger partial charge in [0.1, 0.15) is 5.82 Å². The molecule has 0 spiro atoms. The van der Waals surface area contributed by atoms with Gasteiger partial charge in [0.15, 0.2) is 0 Å². The van der Waals surface area contributed by atoms with Gasteiger partial charge in [-0.1, -0.05) is 0 Å². The second kappa shape index (κ2) is 8.34. The zero-order chi connectivity index (χ0) is 22.8. The van der Waals surface area contributed by atoms with E-state index >= 15 is 0 Å². The van der Waals surface area contributed by atoms with Crippen molar-refractivity contribution >= 4 is 35.2 Å². The first-order valence-electron chi connectivity index (χ1n) is 9.43. The molecule has 0 saturated carbocycles. The highest BCUT2D eigenvalue weighted by molar-refractivity contribution is 6.02. The van der Waals surface area contributed by atoms with Crippen LogP contribution in [0.25, 0.3) is 17.0 Å². The van der Waals surface area contributed by atoms with Crippen molar-refractivity contribution in [3.8, 4) is 11.3 Å². The molecule has 4 N–H and O–H groups in total. The van der Waals surface area contributed by atoms with Gasteiger partial charge in [0.05, 0.1) is 29.9 Å². The molecule has 0 saturated heterocycles. The third-order valence-corrected chi connectivity index (χ3v) is 4.15. The Kier molecular flexibility index (Phi) is 5.41. The summed E-state index contributed by atoms with van der Waals surface area (Å²) in [6, 6.07) is 3.88. The van der Waals surface area contributed by atoms with Crippen LogP contribution < -0.4 is 16.4 Å². The molecule has 0 aliphatic rings. The summed E-state index contributed by atoms with van der Waals surface area (Å²) in [5.41, 5.74) is 6.47. The minimum Gasteiger partial charge on any atom is -0.447 e. The fourth-order valence-electron chi connectivity index (χ4n) is 2.83. The number of carbonyl (C=O) groups excluding carboxylic acids is 2. The zero-order valence-corrected chi connectivity index (χ0v) is 17.0. The topological polar surface area (TPSA) is 150 Å². The Morgan fingerprint density at radius 1 is 1.16 bits per heavy atom. The van der Waals surface area contributed by atoms with Crippen LogP contribution in [-0.2, 0) is 4.74 Å². The van der Waals surface area contributed by atoms with Crippen LogP contribution in [-0.4, -0.2) is 37.5 Å². The van der Waals surface area contributed by atoms with E-state index in [1.165, 1.54) is 35.0 Å². The summed E-state index contributed by atoms with van der Waals surface area (Å²) in [6.45, 7) is 3.46. The number of fused-ring (bicyclic) bond motifs is 1. The quantitative estimate of drug-likeness (QED) is 0.429. The molecule has 0 aliphatic heterocycles. The van der Waals surface area contributed by atoms with Gasteiger partial charge in [-0.3, -0.25) is 14.5 Å². The fraction of sp³-hybridized carbons (Fsp3) is 0.150. The summed E-state index contributed by atoms with van der Waals surface area (Å²) >= 11 is 0. The predicted molar refractivity (Wildman–Crippen MR) is 112 cm³/mol. The van der Waals surface area contributed by atoms with Crippen molar-refractivity contribution in [2.75, 3.05) is 16.4 Å². The molecular formula is C20H18FN7O4. The molecule has 3 aromatic heterocycles. The van der Waals surface area contributed by atoms with E-state index < -0.39 is 17.8 Å². The number of oxazole rings is 1. The molecule has 3 heterocycles. The molecule has 12 heteroatoms. The number of rotatable bonds is 5. The van der Waals surface area contributed by atoms with E-state index in [2.05, 4.69) is 25.6 Å². The standard InChI is InChI=1S/C20H18FN7O4/c1-10(2)31-20(30)26-12-6-24-19-27-15(9-28(19)8-12)13-5-11(3-4-14(13)21)25-17(29)16-7-23-18(22)32-16/h3-10H,1-2H3,(H2,22,23)(H,25,29)(H,26,30). The molecule has 32 heavy (non-hydrogen) atoms. The van der Waals surface area contributed by atoms with Crippen LogP contribution in [0.15, 0.2) is 47.4 Å². The maximum absolute atomic E-state index is 14.5. The van der Waals surface area contributed by atoms with E-state index in [-0.39, 0.29) is 34.9 Å². The Balaban J connectivity index is 1.58. The van der Waals surface area contributed by atoms with E-state index in [9.17, 15) is 14.0 Å². The second-order valence-electron chi connectivity index (χ2n) is 6.97. The molecule has 2 amide bonds. The number of benzene rings is 1. The molecular weight excluding hydrogens is 421 g/mol. The maximum Gasteiger partial charge on any atom is 0.411 e. The molecule has 4 rings (SSSR count). The Morgan fingerprint density at radius 3 is 2.69 bits per heavy atom. The van der Waals surface area contributed by atoms with E-state index in [1.54, 1.807) is 26.2 Å². The van der Waals surface area contributed by atoms with Crippen molar-refractivity contribution in [3.63, 3.8) is 0 Å². The number of nitrogens with zero attached hydrogens (tertiary/aromatic N) is 4. The van der Waals surface area contributed by atoms with Crippen molar-refractivity contribution in [2.45, 2.75) is 20.0 Å². The first kappa shape index (κ1) is 20.8. The summed E-state index contributed by atoms with van der Waals surface area (Å²) in [4.78, 5) is 36.1. The van der Waals surface area contributed by atoms with E-state index in [4.69, 9.17) is 14.9 Å². The molecule has 0 aliphatic carbocycles. The lowest BCUT2D eigenvalue weighted by molar-refractivity contribution is 0.0997. The average Bonchev–Trinajstić information content (AvgIpc) is 3.34. The van der Waals surface area contributed by atoms with Crippen LogP contribution in [0.4, 0.5) is 26.6 Å². The number of nitrogens with two attached hydrogens (primary N) is 1. The van der Waals surface area contributed by atoms with Gasteiger partial charge >= 0.3 is 6.09 Å². The number of hydrogen-bond donors (Lipinski definition) is 3. The van der Waals surface area contributed by atoms with Crippen molar-refractivity contribution < 1.29 is 23.1 Å². The predicted octanol–water partition coefficient (Wildman–Crippen LogP) is 3.31. The van der Waals surface area contributed by atoms with Crippen molar-refractivity contribution in [1.29, 1.82) is 0 Å². The minimum atomic E-state index is -0.621. The Morgan fingerprint density at radius 2 is 1.97 bits per heavy atom. The second-order valence-corrected chi connectivity index (χ2v) is 6.97. The molecule has 164 valence electrons. The molecule has 11 nitrogen and oxygen atoms in total. The normalized spacial score (nSPS) is 11.0. The number of carbonyl (C=O) groups is 2. The lowest BCUT2D eigenvalue weighted by atomic mass is 10.1. The molecule has 0 unspecified atom stereocenters. The lowest BCUT2D eigenvalue weighted by Crippen LogP contribution is -2.18. The summed E-state index contributed by atoms with van der Waals surface area (Å²) < 4.78 is 26.1. The third kappa shape index (κ3) is 4.48. The monoisotopic (exact) mass is 439 g/mol. The first-order chi connectivity index (χ1) is 15.3. The Bertz CT molecular complexity index is 1310. The van der Waals surface area contributed by atoms with Crippen molar-refractivity contribution in [1.82, 2.24) is 19.4 Å². The summed E-state index contributed by atoms with van der Waals surface area (Å²) in [5.74, 6) is -0.934. The third-order valence-electron chi connectivity index (χ3n) is 4.15. The summed E-state index contributed by atoms with van der Waals surface area (Å²) in [7, 11) is 0. The van der Waals surface area contributed by atoms with Crippen LogP contribution in [0.3, 0.4) is 0 Å². The average molecular weight is 439 g/mol. The highest BCUT2D eigenvalue weighted by Crippen LogP contribution is 2.26. The van der Waals surface area contributed by atoms with E-state index in [0.717, 1.165) is 0 Å². The molecule has 0 fully saturated rings. The van der Waals surface area contributed by atoms with Crippen molar-refractivity contribution in [2.24, 2.45) is 0 Å². The number of amides is 2. The number of ether oxygens (including phenoxy) is 1. The van der Waals surface area contributed by atoms with Crippen LogP contribution >= 0.6 is 0 Å². The van der Waals surface area contributed by atoms with Crippen LogP contribution in [0.1, 0.15) is 24.4 Å². The molecule has 0 bridgehead atoms. The molecule has 1 aromatic carbocycles. The number of anilines is 3. The zero-order valence-electron chi connectivity index (χ0n) is 17.0. The largest absolute Gasteiger partial charge is 0.447 e. The highest BCUT2D eigenvalue weighted by atomic mass is 19.1. The number of imidazole rings is 1. The van der Waals surface area contributed by atoms with Gasteiger partial charge < -0.3 is 20.2 Å². The Labute approximate surface area is 180 Å². The maximum atomic E-state index is 14.5. The van der Waals surface area contributed by atoms with Gasteiger partial charge in [-0.25, -0.2) is 24.1 Å². The number of hydrogen-bond acceptors (Lipinski definition) is 8. The van der Waals surface area contributed by atoms with Crippen LogP contribution in [0.2, 0.25) is 0 Å². The fourth-order valence-corrected chi connectivity index (χ4v) is 2.83. The van der Waals surface area contributed by atoms with Gasteiger partial charge in [-0.05, 0) is 32.0 Å². The van der Waals surface area contributed by atoms with Crippen LogP contribution in [0.5, 0.6) is 0 Å². The van der Waals surface area contributed by atoms with Gasteiger partial charge in [0.25, 0.3) is 11.9 Å². The Hall–Kier alpha value is -4.48. The van der Waals surface area contributed by atoms with Gasteiger partial charge in [-0.2, -0.15) is 0 Å². The summed E-state index contributed by atoms with van der Waals surface area (Å²) in [6.07, 6.45) is 4.81. The smallest absolute Gasteiger partial charge is 0.411 e. The van der Waals surface area contributed by atoms with Crippen LogP contribution in [0, 0.1) is 5.82 Å².